The zero-order valence-electron chi connectivity index (χ0n) is 17.9. The Kier molecular flexibility index (Phi) is 7.56. The number of hydrogen-bond acceptors (Lipinski definition) is 2. The summed E-state index contributed by atoms with van der Waals surface area (Å²) < 4.78 is 13.2. The van der Waals surface area contributed by atoms with Gasteiger partial charge in [0.25, 0.3) is 5.91 Å². The largest absolute Gasteiger partial charge is 0.306 e. The first-order chi connectivity index (χ1) is 13.3. The molecule has 1 heterocycles. The smallest absolute Gasteiger partial charge is 0.274 e. The van der Waals surface area contributed by atoms with Gasteiger partial charge in [-0.25, -0.2) is 4.39 Å². The third-order valence-electron chi connectivity index (χ3n) is 6.35. The molecule has 1 aliphatic carbocycles. The Labute approximate surface area is 169 Å². The van der Waals surface area contributed by atoms with Crippen LogP contribution >= 0.6 is 0 Å². The average Bonchev–Trinajstić information content (AvgIpc) is 2.96. The predicted octanol–water partition coefficient (Wildman–Crippen LogP) is 5.80. The molecule has 1 spiro atoms. The van der Waals surface area contributed by atoms with Gasteiger partial charge in [-0.2, -0.15) is 0 Å². The summed E-state index contributed by atoms with van der Waals surface area (Å²) in [6, 6.07) is -0.185. The summed E-state index contributed by atoms with van der Waals surface area (Å²) in [6.07, 6.45) is 11.3. The Morgan fingerprint density at radius 3 is 2.50 bits per heavy atom. The van der Waals surface area contributed by atoms with Gasteiger partial charge in [0, 0.05) is 0 Å². The lowest BCUT2D eigenvalue weighted by Gasteiger charge is -2.45. The van der Waals surface area contributed by atoms with Gasteiger partial charge in [0.2, 0.25) is 0 Å². The Hall–Kier alpha value is -1.97. The summed E-state index contributed by atoms with van der Waals surface area (Å²) in [5, 5.41) is 0. The van der Waals surface area contributed by atoms with Gasteiger partial charge in [-0.15, -0.1) is 0 Å². The maximum absolute atomic E-state index is 13.5. The number of halogens is 1. The molecule has 0 aromatic heterocycles. The molecule has 0 bridgehead atoms. The molecule has 1 atom stereocenters. The summed E-state index contributed by atoms with van der Waals surface area (Å²) >= 11 is 0. The molecule has 0 aromatic carbocycles. The number of alkyl halides is 1. The summed E-state index contributed by atoms with van der Waals surface area (Å²) in [7, 11) is 0. The highest BCUT2D eigenvalue weighted by molar-refractivity contribution is 6.46. The van der Waals surface area contributed by atoms with Crippen molar-refractivity contribution in [1.82, 2.24) is 4.90 Å². The molecule has 154 valence electrons. The van der Waals surface area contributed by atoms with Crippen LogP contribution in [-0.4, -0.2) is 34.9 Å². The number of aliphatic imine (C=N–C) groups is 1. The topological polar surface area (TPSA) is 32.7 Å². The maximum Gasteiger partial charge on any atom is 0.274 e. The van der Waals surface area contributed by atoms with Gasteiger partial charge in [0.15, 0.2) is 0 Å². The first-order valence-corrected chi connectivity index (χ1v) is 10.4. The Balaban J connectivity index is 2.45. The monoisotopic (exact) mass is 386 g/mol. The van der Waals surface area contributed by atoms with E-state index in [-0.39, 0.29) is 11.9 Å². The fraction of sp³-hybridized carbons (Fsp3) is 0.583. The average molecular weight is 387 g/mol. The Morgan fingerprint density at radius 2 is 2.00 bits per heavy atom. The lowest BCUT2D eigenvalue weighted by molar-refractivity contribution is -0.131. The molecule has 0 unspecified atom stereocenters. The Bertz CT molecular complexity index is 693. The second kappa shape index (κ2) is 9.49. The van der Waals surface area contributed by atoms with Crippen molar-refractivity contribution in [1.29, 1.82) is 0 Å². The number of allylic oxidation sites excluding steroid dienone is 3. The SMILES string of the molecule is C=CC(=C)[C@@H](C)N1C(=O)C(/C(=C/CF)C/C=C\C)=NC12CCC(C(C)C)CC2. The minimum atomic E-state index is -0.601. The lowest BCUT2D eigenvalue weighted by Crippen LogP contribution is -2.53. The predicted molar refractivity (Wildman–Crippen MR) is 116 cm³/mol. The Morgan fingerprint density at radius 1 is 1.36 bits per heavy atom. The van der Waals surface area contributed by atoms with Gasteiger partial charge in [-0.3, -0.25) is 9.79 Å². The highest BCUT2D eigenvalue weighted by Gasteiger charge is 2.51. The van der Waals surface area contributed by atoms with Crippen LogP contribution in [0.1, 0.15) is 59.8 Å². The molecule has 2 rings (SSSR count). The molecule has 28 heavy (non-hydrogen) atoms. The van der Waals surface area contributed by atoms with Gasteiger partial charge >= 0.3 is 0 Å². The van der Waals surface area contributed by atoms with Crippen LogP contribution in [0.4, 0.5) is 4.39 Å². The van der Waals surface area contributed by atoms with Crippen molar-refractivity contribution < 1.29 is 9.18 Å². The maximum atomic E-state index is 13.5. The van der Waals surface area contributed by atoms with Crippen LogP contribution in [0.25, 0.3) is 0 Å². The van der Waals surface area contributed by atoms with Crippen LogP contribution in [-0.2, 0) is 4.79 Å². The van der Waals surface area contributed by atoms with Crippen LogP contribution in [0.5, 0.6) is 0 Å². The lowest BCUT2D eigenvalue weighted by atomic mass is 9.76. The molecule has 1 saturated carbocycles. The molecule has 0 saturated heterocycles. The highest BCUT2D eigenvalue weighted by Crippen LogP contribution is 2.45. The van der Waals surface area contributed by atoms with Gasteiger partial charge in [-0.1, -0.05) is 45.2 Å². The summed E-state index contributed by atoms with van der Waals surface area (Å²) in [6.45, 7) is 15.7. The number of carbonyl (C=O) groups excluding carboxylic acids is 1. The van der Waals surface area contributed by atoms with Crippen molar-refractivity contribution in [3.8, 4) is 0 Å². The molecule has 1 fully saturated rings. The first kappa shape index (κ1) is 22.3. The number of rotatable bonds is 8. The van der Waals surface area contributed by atoms with E-state index in [0.717, 1.165) is 31.3 Å². The van der Waals surface area contributed by atoms with E-state index in [1.54, 1.807) is 6.08 Å². The van der Waals surface area contributed by atoms with Crippen molar-refractivity contribution in [2.24, 2.45) is 16.8 Å². The second-order valence-electron chi connectivity index (χ2n) is 8.31. The summed E-state index contributed by atoms with van der Waals surface area (Å²) in [5.41, 5.74) is 1.35. The second-order valence-corrected chi connectivity index (χ2v) is 8.31. The van der Waals surface area contributed by atoms with E-state index in [2.05, 4.69) is 27.0 Å². The molecule has 0 aromatic rings. The van der Waals surface area contributed by atoms with E-state index in [4.69, 9.17) is 4.99 Å². The van der Waals surface area contributed by atoms with E-state index in [1.807, 2.05) is 30.9 Å². The van der Waals surface area contributed by atoms with Crippen molar-refractivity contribution in [2.45, 2.75) is 71.5 Å². The third kappa shape index (κ3) is 4.37. The summed E-state index contributed by atoms with van der Waals surface area (Å²) in [4.78, 5) is 20.4. The fourth-order valence-corrected chi connectivity index (χ4v) is 4.43. The quantitative estimate of drug-likeness (QED) is 0.383. The van der Waals surface area contributed by atoms with Crippen molar-refractivity contribution in [3.63, 3.8) is 0 Å². The van der Waals surface area contributed by atoms with Crippen molar-refractivity contribution in [3.05, 3.63) is 48.6 Å². The van der Waals surface area contributed by atoms with E-state index >= 15 is 0 Å². The van der Waals surface area contributed by atoms with Crippen LogP contribution in [0.15, 0.2) is 53.6 Å². The summed E-state index contributed by atoms with van der Waals surface area (Å²) in [5.74, 6) is 1.18. The van der Waals surface area contributed by atoms with Gasteiger partial charge in [-0.05, 0) is 75.0 Å². The molecular formula is C24H35FN2O. The highest BCUT2D eigenvalue weighted by atomic mass is 19.1. The van der Waals surface area contributed by atoms with E-state index < -0.39 is 12.3 Å². The molecule has 0 N–H and O–H groups in total. The van der Waals surface area contributed by atoms with Crippen molar-refractivity contribution in [2.75, 3.05) is 6.67 Å². The van der Waals surface area contributed by atoms with Gasteiger partial charge < -0.3 is 4.90 Å². The number of amides is 1. The van der Waals surface area contributed by atoms with Gasteiger partial charge in [0.05, 0.1) is 6.04 Å². The van der Waals surface area contributed by atoms with E-state index in [1.165, 1.54) is 6.08 Å². The molecule has 2 aliphatic rings. The minimum absolute atomic E-state index is 0.109. The van der Waals surface area contributed by atoms with E-state index in [9.17, 15) is 9.18 Å². The van der Waals surface area contributed by atoms with E-state index in [0.29, 0.717) is 29.5 Å². The molecule has 0 radical (unpaired) electrons. The molecule has 1 amide bonds. The minimum Gasteiger partial charge on any atom is -0.306 e. The molecule has 1 aliphatic heterocycles. The zero-order chi connectivity index (χ0) is 20.9. The third-order valence-corrected chi connectivity index (χ3v) is 6.35. The standard InChI is InChI=1S/C24H35FN2O/c1-7-9-10-21(13-16-25)22-23(28)27(19(6)18(5)8-2)24(26-22)14-11-20(12-15-24)17(3)4/h7-9,13,17,19-20H,2,5,10-12,14-16H2,1,3-4,6H3/b9-7-,21-13+/t19-,20?,24?/m1/s1. The molecular weight excluding hydrogens is 351 g/mol. The number of carbonyl (C=O) groups is 1. The number of nitrogens with zero attached hydrogens (tertiary/aromatic N) is 2. The van der Waals surface area contributed by atoms with Gasteiger partial charge in [0.1, 0.15) is 18.0 Å². The zero-order valence-corrected chi connectivity index (χ0v) is 17.9. The normalized spacial score (nSPS) is 27.0. The van der Waals surface area contributed by atoms with Crippen LogP contribution in [0, 0.1) is 11.8 Å². The fourth-order valence-electron chi connectivity index (χ4n) is 4.43. The van der Waals surface area contributed by atoms with Crippen LogP contribution in [0.2, 0.25) is 0 Å². The van der Waals surface area contributed by atoms with Crippen molar-refractivity contribution >= 4 is 11.6 Å². The van der Waals surface area contributed by atoms with Crippen LogP contribution in [0.3, 0.4) is 0 Å². The van der Waals surface area contributed by atoms with Crippen LogP contribution < -0.4 is 0 Å². The number of hydrogen-bond donors (Lipinski definition) is 0. The first-order valence-electron chi connectivity index (χ1n) is 10.4. The molecule has 3 nitrogen and oxygen atoms in total. The molecule has 4 heteroatoms.